The van der Waals surface area contributed by atoms with Gasteiger partial charge >= 0.3 is 0 Å². The van der Waals surface area contributed by atoms with Crippen LogP contribution in [0.1, 0.15) is 33.6 Å². The van der Waals surface area contributed by atoms with E-state index in [2.05, 4.69) is 46.0 Å². The van der Waals surface area contributed by atoms with Crippen LogP contribution in [0.5, 0.6) is 0 Å². The summed E-state index contributed by atoms with van der Waals surface area (Å²) in [7, 11) is -1.61. The lowest BCUT2D eigenvalue weighted by molar-refractivity contribution is 0.187. The Morgan fingerprint density at radius 3 is 2.38 bits per heavy atom. The molecular weight excluding hydrogens is 216 g/mol. The van der Waals surface area contributed by atoms with Crippen molar-refractivity contribution in [3.63, 3.8) is 0 Å². The van der Waals surface area contributed by atoms with Crippen LogP contribution in [0.4, 0.5) is 0 Å². The molecule has 1 fully saturated rings. The molecule has 2 nitrogen and oxygen atoms in total. The molecule has 0 bridgehead atoms. The number of rotatable bonds is 2. The van der Waals surface area contributed by atoms with Crippen molar-refractivity contribution < 1.29 is 9.16 Å². The van der Waals surface area contributed by atoms with Gasteiger partial charge in [0.1, 0.15) is 5.60 Å². The third-order valence-electron chi connectivity index (χ3n) is 4.23. The van der Waals surface area contributed by atoms with E-state index in [4.69, 9.17) is 9.16 Å². The SMILES string of the molecule is CC(C)(C)[Si](C)(C)O[C@H]1C=CC2(CC1)CO2. The maximum Gasteiger partial charge on any atom is 0.192 e. The van der Waals surface area contributed by atoms with Gasteiger partial charge in [-0.2, -0.15) is 0 Å². The van der Waals surface area contributed by atoms with E-state index in [0.717, 1.165) is 19.4 Å². The van der Waals surface area contributed by atoms with Gasteiger partial charge in [0, 0.05) is 0 Å². The van der Waals surface area contributed by atoms with E-state index < -0.39 is 8.32 Å². The Balaban J connectivity index is 1.96. The summed E-state index contributed by atoms with van der Waals surface area (Å²) < 4.78 is 11.8. The minimum Gasteiger partial charge on any atom is -0.411 e. The van der Waals surface area contributed by atoms with E-state index >= 15 is 0 Å². The third-order valence-corrected chi connectivity index (χ3v) is 8.74. The molecule has 0 saturated carbocycles. The van der Waals surface area contributed by atoms with Gasteiger partial charge in [0.25, 0.3) is 0 Å². The molecule has 1 spiro atoms. The van der Waals surface area contributed by atoms with Gasteiger partial charge in [-0.25, -0.2) is 0 Å². The predicted octanol–water partition coefficient (Wildman–Crippen LogP) is 3.50. The molecule has 1 aliphatic carbocycles. The van der Waals surface area contributed by atoms with E-state index in [-0.39, 0.29) is 5.60 Å². The molecule has 2 rings (SSSR count). The maximum absolute atomic E-state index is 6.36. The average molecular weight is 240 g/mol. The zero-order valence-corrected chi connectivity index (χ0v) is 12.2. The summed E-state index contributed by atoms with van der Waals surface area (Å²) in [4.78, 5) is 0. The standard InChI is InChI=1S/C13H24O2Si/c1-12(2,3)16(4,5)15-11-6-8-13(9-7-11)10-14-13/h6,8,11H,7,9-10H2,1-5H3/t11-,13?/m0/s1. The highest BCUT2D eigenvalue weighted by Crippen LogP contribution is 2.41. The quantitative estimate of drug-likeness (QED) is 0.419. The molecule has 0 amide bonds. The van der Waals surface area contributed by atoms with Crippen LogP contribution in [0.25, 0.3) is 0 Å². The first-order chi connectivity index (χ1) is 7.24. The van der Waals surface area contributed by atoms with Crippen LogP contribution in [-0.4, -0.2) is 26.6 Å². The summed E-state index contributed by atoms with van der Waals surface area (Å²) in [6.45, 7) is 12.4. The summed E-state index contributed by atoms with van der Waals surface area (Å²) in [6, 6.07) is 0. The Labute approximate surface area is 100 Å². The Morgan fingerprint density at radius 2 is 2.00 bits per heavy atom. The van der Waals surface area contributed by atoms with Crippen molar-refractivity contribution >= 4 is 8.32 Å². The fraction of sp³-hybridized carbons (Fsp3) is 0.846. The van der Waals surface area contributed by atoms with Gasteiger partial charge in [-0.05, 0) is 31.0 Å². The van der Waals surface area contributed by atoms with Crippen LogP contribution in [0.2, 0.25) is 18.1 Å². The van der Waals surface area contributed by atoms with E-state index in [1.807, 2.05) is 0 Å². The highest BCUT2D eigenvalue weighted by atomic mass is 28.4. The van der Waals surface area contributed by atoms with Crippen LogP contribution in [0, 0.1) is 0 Å². The second-order valence-electron chi connectivity index (χ2n) is 6.67. The number of ether oxygens (including phenoxy) is 1. The molecule has 0 aromatic carbocycles. The van der Waals surface area contributed by atoms with Crippen LogP contribution >= 0.6 is 0 Å². The Hall–Kier alpha value is -0.123. The highest BCUT2D eigenvalue weighted by molar-refractivity contribution is 6.74. The molecule has 3 heteroatoms. The highest BCUT2D eigenvalue weighted by Gasteiger charge is 2.45. The first kappa shape index (κ1) is 12.3. The lowest BCUT2D eigenvalue weighted by Crippen LogP contribution is -2.44. The average Bonchev–Trinajstić information content (AvgIpc) is 2.88. The lowest BCUT2D eigenvalue weighted by Gasteiger charge is -2.39. The van der Waals surface area contributed by atoms with Crippen LogP contribution in [0.3, 0.4) is 0 Å². The summed E-state index contributed by atoms with van der Waals surface area (Å²) in [6.07, 6.45) is 6.99. The summed E-state index contributed by atoms with van der Waals surface area (Å²) >= 11 is 0. The second-order valence-corrected chi connectivity index (χ2v) is 11.4. The van der Waals surface area contributed by atoms with E-state index in [0.29, 0.717) is 11.1 Å². The molecule has 2 aliphatic rings. The molecule has 0 N–H and O–H groups in total. The van der Waals surface area contributed by atoms with Gasteiger partial charge < -0.3 is 9.16 Å². The van der Waals surface area contributed by atoms with Gasteiger partial charge in [0.15, 0.2) is 8.32 Å². The smallest absolute Gasteiger partial charge is 0.192 e. The van der Waals surface area contributed by atoms with Crippen molar-refractivity contribution in [3.05, 3.63) is 12.2 Å². The summed E-state index contributed by atoms with van der Waals surface area (Å²) in [5.74, 6) is 0. The van der Waals surface area contributed by atoms with E-state index in [1.54, 1.807) is 0 Å². The maximum atomic E-state index is 6.36. The molecule has 92 valence electrons. The topological polar surface area (TPSA) is 21.8 Å². The van der Waals surface area contributed by atoms with E-state index in [1.165, 1.54) is 0 Å². The van der Waals surface area contributed by atoms with Gasteiger partial charge in [-0.1, -0.05) is 32.9 Å². The lowest BCUT2D eigenvalue weighted by atomic mass is 9.95. The summed E-state index contributed by atoms with van der Waals surface area (Å²) in [5, 5.41) is 0.298. The Kier molecular flexibility index (Phi) is 2.84. The van der Waals surface area contributed by atoms with Crippen LogP contribution in [0.15, 0.2) is 12.2 Å². The van der Waals surface area contributed by atoms with Gasteiger partial charge in [0.2, 0.25) is 0 Å². The van der Waals surface area contributed by atoms with Crippen molar-refractivity contribution in [2.75, 3.05) is 6.61 Å². The van der Waals surface area contributed by atoms with Gasteiger partial charge in [0.05, 0.1) is 12.7 Å². The zero-order chi connectivity index (χ0) is 12.0. The van der Waals surface area contributed by atoms with Gasteiger partial charge in [-0.3, -0.25) is 0 Å². The Bertz CT molecular complexity index is 298. The van der Waals surface area contributed by atoms with Gasteiger partial charge in [-0.15, -0.1) is 0 Å². The minimum atomic E-state index is -1.61. The molecular formula is C13H24O2Si. The zero-order valence-electron chi connectivity index (χ0n) is 11.2. The van der Waals surface area contributed by atoms with Crippen molar-refractivity contribution in [3.8, 4) is 0 Å². The van der Waals surface area contributed by atoms with Crippen molar-refractivity contribution in [1.82, 2.24) is 0 Å². The molecule has 0 aromatic rings. The van der Waals surface area contributed by atoms with Crippen LogP contribution in [-0.2, 0) is 9.16 Å². The monoisotopic (exact) mass is 240 g/mol. The third kappa shape index (κ3) is 2.41. The minimum absolute atomic E-state index is 0.118. The normalized spacial score (nSPS) is 34.4. The molecule has 2 atom stereocenters. The Morgan fingerprint density at radius 1 is 1.38 bits per heavy atom. The number of epoxide rings is 1. The summed E-state index contributed by atoms with van der Waals surface area (Å²) in [5.41, 5.74) is 0.118. The first-order valence-corrected chi connectivity index (χ1v) is 9.16. The van der Waals surface area contributed by atoms with Crippen molar-refractivity contribution in [2.45, 2.75) is 63.5 Å². The fourth-order valence-electron chi connectivity index (χ4n) is 1.84. The van der Waals surface area contributed by atoms with Crippen molar-refractivity contribution in [1.29, 1.82) is 0 Å². The molecule has 1 aliphatic heterocycles. The molecule has 1 unspecified atom stereocenters. The number of hydrogen-bond donors (Lipinski definition) is 0. The fourth-order valence-corrected chi connectivity index (χ4v) is 3.14. The molecule has 16 heavy (non-hydrogen) atoms. The molecule has 1 saturated heterocycles. The predicted molar refractivity (Wildman–Crippen MR) is 69.1 cm³/mol. The molecule has 1 heterocycles. The van der Waals surface area contributed by atoms with E-state index in [9.17, 15) is 0 Å². The largest absolute Gasteiger partial charge is 0.411 e. The second kappa shape index (κ2) is 3.69. The molecule has 0 aromatic heterocycles. The number of hydrogen-bond acceptors (Lipinski definition) is 2. The molecule has 0 radical (unpaired) electrons. The van der Waals surface area contributed by atoms with Crippen LogP contribution < -0.4 is 0 Å². The van der Waals surface area contributed by atoms with Crippen molar-refractivity contribution in [2.24, 2.45) is 0 Å². The first-order valence-electron chi connectivity index (χ1n) is 6.25.